The number of nitrogens with zero attached hydrogens (tertiary/aromatic N) is 3. The summed E-state index contributed by atoms with van der Waals surface area (Å²) in [4.78, 5) is 44.9. The zero-order valence-electron chi connectivity index (χ0n) is 29.3. The first-order valence-electron chi connectivity index (χ1n) is 18.0. The maximum absolute atomic E-state index is 13.9. The van der Waals surface area contributed by atoms with Crippen LogP contribution in [0.1, 0.15) is 62.4 Å². The Bertz CT molecular complexity index is 2170. The molecule has 2 aromatic heterocycles. The quantitative estimate of drug-likeness (QED) is 0.155. The summed E-state index contributed by atoms with van der Waals surface area (Å²) in [5.74, 6) is 3.33. The summed E-state index contributed by atoms with van der Waals surface area (Å²) in [6.45, 7) is 6.02. The summed E-state index contributed by atoms with van der Waals surface area (Å²) in [6.07, 6.45) is 4.15. The van der Waals surface area contributed by atoms with E-state index in [4.69, 9.17) is 24.2 Å². The summed E-state index contributed by atoms with van der Waals surface area (Å²) in [5, 5.41) is 8.40. The van der Waals surface area contributed by atoms with Gasteiger partial charge in [0.2, 0.25) is 5.91 Å². The molecule has 12 heteroatoms. The van der Waals surface area contributed by atoms with Gasteiger partial charge in [-0.25, -0.2) is 14.8 Å². The zero-order chi connectivity index (χ0) is 35.0. The van der Waals surface area contributed by atoms with Crippen LogP contribution in [-0.2, 0) is 20.9 Å². The van der Waals surface area contributed by atoms with Gasteiger partial charge in [-0.3, -0.25) is 4.79 Å². The van der Waals surface area contributed by atoms with Gasteiger partial charge in [0.05, 0.1) is 48.7 Å². The Labute approximate surface area is 295 Å². The average molecular weight is 690 g/mol. The summed E-state index contributed by atoms with van der Waals surface area (Å²) in [6, 6.07) is 14.5. The summed E-state index contributed by atoms with van der Waals surface area (Å²) >= 11 is 0. The number of aromatic amines is 2. The molecule has 9 rings (SSSR count). The van der Waals surface area contributed by atoms with Gasteiger partial charge >= 0.3 is 6.09 Å². The van der Waals surface area contributed by atoms with Crippen LogP contribution in [0.15, 0.2) is 48.7 Å². The number of methoxy groups -OCH3 is 2. The van der Waals surface area contributed by atoms with E-state index in [0.29, 0.717) is 18.4 Å². The van der Waals surface area contributed by atoms with Gasteiger partial charge in [-0.15, -0.1) is 0 Å². The molecule has 1 aliphatic carbocycles. The molecule has 264 valence electrons. The highest BCUT2D eigenvalue weighted by Gasteiger charge is 2.56. The molecule has 5 aromatic rings. The van der Waals surface area contributed by atoms with Crippen molar-refractivity contribution in [1.82, 2.24) is 35.5 Å². The van der Waals surface area contributed by atoms with Crippen molar-refractivity contribution >= 4 is 33.8 Å². The van der Waals surface area contributed by atoms with Crippen LogP contribution in [0.2, 0.25) is 0 Å². The maximum atomic E-state index is 13.9. The number of hydrogen-bond donors (Lipinski definition) is 4. The Morgan fingerprint density at radius 1 is 1.04 bits per heavy atom. The number of fused-ring (bicyclic) bond motifs is 7. The summed E-state index contributed by atoms with van der Waals surface area (Å²) in [5.41, 5.74) is 7.19. The Morgan fingerprint density at radius 2 is 1.92 bits per heavy atom. The number of carbonyl (C=O) groups excluding carboxylic acids is 2. The van der Waals surface area contributed by atoms with Crippen LogP contribution in [0.4, 0.5) is 4.79 Å². The van der Waals surface area contributed by atoms with E-state index < -0.39 is 12.1 Å². The predicted molar refractivity (Wildman–Crippen MR) is 192 cm³/mol. The number of alkyl carbamates (subject to hydrolysis) is 1. The number of ether oxygens (including phenoxy) is 3. The van der Waals surface area contributed by atoms with Crippen LogP contribution in [0.25, 0.3) is 44.2 Å². The largest absolute Gasteiger partial charge is 0.488 e. The lowest BCUT2D eigenvalue weighted by atomic mass is 9.92. The van der Waals surface area contributed by atoms with Gasteiger partial charge in [0, 0.05) is 30.6 Å². The zero-order valence-corrected chi connectivity index (χ0v) is 29.3. The van der Waals surface area contributed by atoms with Crippen LogP contribution >= 0.6 is 0 Å². The van der Waals surface area contributed by atoms with Gasteiger partial charge in [0.1, 0.15) is 30.0 Å². The second-order valence-electron chi connectivity index (χ2n) is 14.9. The van der Waals surface area contributed by atoms with Crippen molar-refractivity contribution < 1.29 is 23.8 Å². The molecule has 4 N–H and O–H groups in total. The lowest BCUT2D eigenvalue weighted by Gasteiger charge is -2.31. The van der Waals surface area contributed by atoms with Crippen molar-refractivity contribution in [2.75, 3.05) is 27.4 Å². The number of amides is 2. The molecule has 3 fully saturated rings. The van der Waals surface area contributed by atoms with Gasteiger partial charge < -0.3 is 39.7 Å². The van der Waals surface area contributed by atoms with Crippen molar-refractivity contribution in [2.45, 2.75) is 63.9 Å². The minimum atomic E-state index is -0.673. The Morgan fingerprint density at radius 3 is 2.75 bits per heavy atom. The molecular formula is C39H43N7O5. The molecule has 5 heterocycles. The fourth-order valence-corrected chi connectivity index (χ4v) is 8.55. The van der Waals surface area contributed by atoms with Gasteiger partial charge in [0.15, 0.2) is 0 Å². The van der Waals surface area contributed by atoms with E-state index in [2.05, 4.69) is 63.1 Å². The molecule has 2 amide bonds. The molecule has 51 heavy (non-hydrogen) atoms. The van der Waals surface area contributed by atoms with E-state index in [-0.39, 0.29) is 30.0 Å². The predicted octanol–water partition coefficient (Wildman–Crippen LogP) is 6.01. The molecule has 12 nitrogen and oxygen atoms in total. The first-order chi connectivity index (χ1) is 24.8. The van der Waals surface area contributed by atoms with Crippen molar-refractivity contribution in [3.8, 4) is 28.1 Å². The fraction of sp³-hybridized carbons (Fsp3) is 0.436. The topological polar surface area (TPSA) is 146 Å². The van der Waals surface area contributed by atoms with Gasteiger partial charge in [-0.05, 0) is 83.4 Å². The SMILES string of the molecule is COC[C@@H]1CN[C@H](c2ncc(-c3ccc4c(c3)COc3cc5c(ccc6[nH]c([C@@H]7C[C@H]8C[C@H]8N7C(=O)[C@@H](NC(=O)OC)C(C)C)nc65)cc3-4)[nH]2)C1. The fourth-order valence-electron chi connectivity index (χ4n) is 8.55. The minimum Gasteiger partial charge on any atom is -0.488 e. The third kappa shape index (κ3) is 5.52. The van der Waals surface area contributed by atoms with E-state index in [1.54, 1.807) is 7.11 Å². The number of benzene rings is 3. The molecule has 3 aliphatic heterocycles. The summed E-state index contributed by atoms with van der Waals surface area (Å²) in [7, 11) is 3.07. The molecule has 4 aliphatic rings. The Hall–Kier alpha value is -4.94. The third-order valence-corrected chi connectivity index (χ3v) is 11.3. The molecule has 6 atom stereocenters. The van der Waals surface area contributed by atoms with Crippen molar-refractivity contribution in [3.05, 3.63) is 65.9 Å². The Balaban J connectivity index is 0.993. The molecule has 0 bridgehead atoms. The molecule has 1 saturated carbocycles. The number of H-pyrrole nitrogens is 2. The van der Waals surface area contributed by atoms with Gasteiger partial charge in [-0.1, -0.05) is 32.0 Å². The van der Waals surface area contributed by atoms with Crippen LogP contribution in [0.5, 0.6) is 5.75 Å². The smallest absolute Gasteiger partial charge is 0.407 e. The third-order valence-electron chi connectivity index (χ3n) is 11.3. The molecule has 0 radical (unpaired) electrons. The average Bonchev–Trinajstić information content (AvgIpc) is 3.64. The van der Waals surface area contributed by atoms with Gasteiger partial charge in [0.25, 0.3) is 0 Å². The second kappa shape index (κ2) is 12.4. The first kappa shape index (κ1) is 32.0. The minimum absolute atomic E-state index is 0.0881. The summed E-state index contributed by atoms with van der Waals surface area (Å²) < 4.78 is 16.6. The molecule has 3 aromatic carbocycles. The first-order valence-corrected chi connectivity index (χ1v) is 18.0. The number of hydrogen-bond acceptors (Lipinski definition) is 8. The number of piperidine rings is 1. The highest BCUT2D eigenvalue weighted by molar-refractivity contribution is 6.07. The van der Waals surface area contributed by atoms with Crippen molar-refractivity contribution in [1.29, 1.82) is 0 Å². The Kier molecular flexibility index (Phi) is 7.77. The second-order valence-corrected chi connectivity index (χ2v) is 14.9. The highest BCUT2D eigenvalue weighted by Crippen LogP contribution is 2.54. The van der Waals surface area contributed by atoms with Crippen molar-refractivity contribution in [3.63, 3.8) is 0 Å². The van der Waals surface area contributed by atoms with E-state index >= 15 is 0 Å². The number of likely N-dealkylation sites (tertiary alicyclic amines) is 1. The number of imidazole rings is 2. The molecule has 0 spiro atoms. The van der Waals surface area contributed by atoms with Crippen LogP contribution < -0.4 is 15.4 Å². The van der Waals surface area contributed by atoms with Crippen LogP contribution in [0, 0.1) is 17.8 Å². The van der Waals surface area contributed by atoms with E-state index in [9.17, 15) is 9.59 Å². The van der Waals surface area contributed by atoms with E-state index in [0.717, 1.165) is 99.6 Å². The molecular weight excluding hydrogens is 646 g/mol. The molecule has 2 saturated heterocycles. The highest BCUT2D eigenvalue weighted by atomic mass is 16.5. The number of aromatic nitrogens is 4. The van der Waals surface area contributed by atoms with Crippen molar-refractivity contribution in [2.24, 2.45) is 17.8 Å². The number of carbonyl (C=O) groups is 2. The van der Waals surface area contributed by atoms with E-state index in [1.807, 2.05) is 24.9 Å². The van der Waals surface area contributed by atoms with Crippen LogP contribution in [-0.4, -0.2) is 76.3 Å². The van der Waals surface area contributed by atoms with Gasteiger partial charge in [-0.2, -0.15) is 0 Å². The monoisotopic (exact) mass is 689 g/mol. The lowest BCUT2D eigenvalue weighted by molar-refractivity contribution is -0.136. The standard InChI is InChI=1S/C39H43N7O5/c1-19(2)34(45-39(48)50-4)38(47)46-31-12-23(31)13-32(46)37-42-28-8-6-21-11-27-25-7-5-22(10-24(25)18-51-33(27)14-26(21)35(28)44-37)30-16-41-36(43-30)29-9-20(15-40-29)17-49-3/h5-8,10-11,14,16,19-20,23,29,31-32,34,40H,9,12-13,15,17-18H2,1-4H3,(H,41,43)(H,42,44)(H,45,48)/t20-,23+,29-,31+,32-,34-/m0/s1. The lowest BCUT2D eigenvalue weighted by Crippen LogP contribution is -2.52. The number of rotatable bonds is 8. The molecule has 0 unspecified atom stereocenters. The normalized spacial score (nSPS) is 23.9. The number of nitrogens with one attached hydrogen (secondary N) is 4. The van der Waals surface area contributed by atoms with E-state index in [1.165, 1.54) is 7.11 Å². The van der Waals surface area contributed by atoms with Crippen LogP contribution in [0.3, 0.4) is 0 Å². The maximum Gasteiger partial charge on any atom is 0.407 e.